The highest BCUT2D eigenvalue weighted by molar-refractivity contribution is 5.99. The van der Waals surface area contributed by atoms with Crippen molar-refractivity contribution in [3.63, 3.8) is 0 Å². The zero-order valence-electron chi connectivity index (χ0n) is 11.4. The van der Waals surface area contributed by atoms with Gasteiger partial charge < -0.3 is 10.1 Å². The second-order valence-electron chi connectivity index (χ2n) is 5.07. The lowest BCUT2D eigenvalue weighted by Gasteiger charge is -2.24. The summed E-state index contributed by atoms with van der Waals surface area (Å²) < 4.78 is 6.04. The van der Waals surface area contributed by atoms with Gasteiger partial charge in [0.25, 0.3) is 0 Å². The van der Waals surface area contributed by atoms with Crippen LogP contribution in [-0.2, 0) is 4.79 Å². The zero-order valence-corrected chi connectivity index (χ0v) is 11.4. The maximum Gasteiger partial charge on any atom is 0.247 e. The standard InChI is InChI=1S/C16H21NO2/c1-3-16(18)17-14-11-12(2)9-10-15(14)19-13-7-5-4-6-8-13/h3,9-11,13H,1,4-8H2,2H3,(H,17,18). The number of nitrogens with one attached hydrogen (secondary N) is 1. The number of ether oxygens (including phenoxy) is 1. The van der Waals surface area contributed by atoms with Crippen molar-refractivity contribution in [3.8, 4) is 5.75 Å². The Morgan fingerprint density at radius 1 is 1.37 bits per heavy atom. The molecule has 2 rings (SSSR count). The second-order valence-corrected chi connectivity index (χ2v) is 5.07. The van der Waals surface area contributed by atoms with Crippen LogP contribution < -0.4 is 10.1 Å². The van der Waals surface area contributed by atoms with Gasteiger partial charge in [0.2, 0.25) is 5.91 Å². The fraction of sp³-hybridized carbons (Fsp3) is 0.438. The molecule has 1 aromatic rings. The van der Waals surface area contributed by atoms with E-state index >= 15 is 0 Å². The van der Waals surface area contributed by atoms with E-state index in [1.807, 2.05) is 25.1 Å². The Morgan fingerprint density at radius 3 is 2.79 bits per heavy atom. The molecule has 1 amide bonds. The van der Waals surface area contributed by atoms with Crippen LogP contribution in [0.25, 0.3) is 0 Å². The van der Waals surface area contributed by atoms with Crippen LogP contribution in [0.5, 0.6) is 5.75 Å². The minimum atomic E-state index is -0.209. The Morgan fingerprint density at radius 2 is 2.11 bits per heavy atom. The third kappa shape index (κ3) is 3.85. The lowest BCUT2D eigenvalue weighted by Crippen LogP contribution is -2.20. The van der Waals surface area contributed by atoms with Gasteiger partial charge in [-0.1, -0.05) is 19.1 Å². The van der Waals surface area contributed by atoms with Crippen LogP contribution in [0.1, 0.15) is 37.7 Å². The molecule has 102 valence electrons. The van der Waals surface area contributed by atoms with Crippen molar-refractivity contribution >= 4 is 11.6 Å². The molecule has 0 unspecified atom stereocenters. The summed E-state index contributed by atoms with van der Waals surface area (Å²) in [6.45, 7) is 5.47. The predicted molar refractivity (Wildman–Crippen MR) is 77.5 cm³/mol. The lowest BCUT2D eigenvalue weighted by atomic mass is 9.98. The van der Waals surface area contributed by atoms with Crippen molar-refractivity contribution in [2.45, 2.75) is 45.1 Å². The smallest absolute Gasteiger partial charge is 0.247 e. The quantitative estimate of drug-likeness (QED) is 0.834. The molecule has 3 heteroatoms. The van der Waals surface area contributed by atoms with Crippen molar-refractivity contribution in [2.75, 3.05) is 5.32 Å². The largest absolute Gasteiger partial charge is 0.488 e. The number of benzene rings is 1. The average molecular weight is 259 g/mol. The van der Waals surface area contributed by atoms with E-state index in [2.05, 4.69) is 11.9 Å². The molecule has 0 spiro atoms. The maximum atomic E-state index is 11.5. The van der Waals surface area contributed by atoms with Gasteiger partial charge in [-0.15, -0.1) is 0 Å². The van der Waals surface area contributed by atoms with Crippen LogP contribution in [0, 0.1) is 6.92 Å². The van der Waals surface area contributed by atoms with Crippen molar-refractivity contribution in [1.29, 1.82) is 0 Å². The van der Waals surface area contributed by atoms with Crippen LogP contribution in [0.4, 0.5) is 5.69 Å². The minimum absolute atomic E-state index is 0.209. The number of rotatable bonds is 4. The molecule has 0 bridgehead atoms. The normalized spacial score (nSPS) is 15.8. The molecule has 19 heavy (non-hydrogen) atoms. The fourth-order valence-electron chi connectivity index (χ4n) is 2.39. The van der Waals surface area contributed by atoms with Crippen molar-refractivity contribution < 1.29 is 9.53 Å². The monoisotopic (exact) mass is 259 g/mol. The molecule has 1 N–H and O–H groups in total. The highest BCUT2D eigenvalue weighted by Gasteiger charge is 2.16. The van der Waals surface area contributed by atoms with Gasteiger partial charge >= 0.3 is 0 Å². The number of hydrogen-bond donors (Lipinski definition) is 1. The summed E-state index contributed by atoms with van der Waals surface area (Å²) in [4.78, 5) is 11.5. The molecule has 3 nitrogen and oxygen atoms in total. The summed E-state index contributed by atoms with van der Waals surface area (Å²) in [5.41, 5.74) is 1.82. The van der Waals surface area contributed by atoms with E-state index in [9.17, 15) is 4.79 Å². The van der Waals surface area contributed by atoms with Crippen molar-refractivity contribution in [1.82, 2.24) is 0 Å². The van der Waals surface area contributed by atoms with Crippen molar-refractivity contribution in [3.05, 3.63) is 36.4 Å². The molecule has 0 aromatic heterocycles. The highest BCUT2D eigenvalue weighted by atomic mass is 16.5. The first kappa shape index (κ1) is 13.7. The molecule has 0 saturated heterocycles. The van der Waals surface area contributed by atoms with Gasteiger partial charge in [0, 0.05) is 0 Å². The Hall–Kier alpha value is -1.77. The van der Waals surface area contributed by atoms with Gasteiger partial charge in [0.05, 0.1) is 11.8 Å². The molecule has 1 fully saturated rings. The molecule has 0 radical (unpaired) electrons. The summed E-state index contributed by atoms with van der Waals surface area (Å²) in [5, 5.41) is 2.81. The number of carbonyl (C=O) groups is 1. The predicted octanol–water partition coefficient (Wildman–Crippen LogP) is 3.83. The number of aryl methyl sites for hydroxylation is 1. The summed E-state index contributed by atoms with van der Waals surface area (Å²) in [6, 6.07) is 5.87. The Kier molecular flexibility index (Phi) is 4.61. The topological polar surface area (TPSA) is 38.3 Å². The van der Waals surface area contributed by atoms with Gasteiger partial charge in [-0.05, 0) is 56.4 Å². The molecule has 0 aliphatic heterocycles. The molecule has 0 atom stereocenters. The van der Waals surface area contributed by atoms with E-state index in [0.717, 1.165) is 29.8 Å². The first-order chi connectivity index (χ1) is 9.19. The molecule has 0 heterocycles. The van der Waals surface area contributed by atoms with E-state index < -0.39 is 0 Å². The molecule has 1 saturated carbocycles. The van der Waals surface area contributed by atoms with E-state index in [0.29, 0.717) is 0 Å². The SMILES string of the molecule is C=CC(=O)Nc1cc(C)ccc1OC1CCCCC1. The van der Waals surface area contributed by atoms with Crippen molar-refractivity contribution in [2.24, 2.45) is 0 Å². The first-order valence-electron chi connectivity index (χ1n) is 6.90. The Bertz CT molecular complexity index is 462. The van der Waals surface area contributed by atoms with E-state index in [1.165, 1.54) is 25.3 Å². The lowest BCUT2D eigenvalue weighted by molar-refractivity contribution is -0.111. The van der Waals surface area contributed by atoms with Crippen LogP contribution >= 0.6 is 0 Å². The highest BCUT2D eigenvalue weighted by Crippen LogP contribution is 2.30. The molecular weight excluding hydrogens is 238 g/mol. The van der Waals surface area contributed by atoms with Crippen LogP contribution in [0.3, 0.4) is 0 Å². The Balaban J connectivity index is 2.13. The molecule has 1 aromatic carbocycles. The maximum absolute atomic E-state index is 11.5. The number of anilines is 1. The van der Waals surface area contributed by atoms with Crippen LogP contribution in [0.2, 0.25) is 0 Å². The summed E-state index contributed by atoms with van der Waals surface area (Å²) >= 11 is 0. The molecule has 1 aliphatic rings. The molecule has 1 aliphatic carbocycles. The van der Waals surface area contributed by atoms with Gasteiger partial charge in [0.1, 0.15) is 5.75 Å². The average Bonchev–Trinajstić information content (AvgIpc) is 2.43. The number of hydrogen-bond acceptors (Lipinski definition) is 2. The van der Waals surface area contributed by atoms with Crippen LogP contribution in [-0.4, -0.2) is 12.0 Å². The fourth-order valence-corrected chi connectivity index (χ4v) is 2.39. The third-order valence-electron chi connectivity index (χ3n) is 3.42. The van der Waals surface area contributed by atoms with Gasteiger partial charge in [-0.25, -0.2) is 0 Å². The third-order valence-corrected chi connectivity index (χ3v) is 3.42. The van der Waals surface area contributed by atoms with E-state index in [1.54, 1.807) is 0 Å². The van der Waals surface area contributed by atoms with Gasteiger partial charge in [-0.3, -0.25) is 4.79 Å². The van der Waals surface area contributed by atoms with Gasteiger partial charge in [0.15, 0.2) is 0 Å². The summed E-state index contributed by atoms with van der Waals surface area (Å²) in [6.07, 6.45) is 7.50. The minimum Gasteiger partial charge on any atom is -0.488 e. The van der Waals surface area contributed by atoms with E-state index in [4.69, 9.17) is 4.74 Å². The van der Waals surface area contributed by atoms with Gasteiger partial charge in [-0.2, -0.15) is 0 Å². The number of carbonyl (C=O) groups excluding carboxylic acids is 1. The Labute approximate surface area is 114 Å². The van der Waals surface area contributed by atoms with E-state index in [-0.39, 0.29) is 12.0 Å². The number of amides is 1. The zero-order chi connectivity index (χ0) is 13.7. The first-order valence-corrected chi connectivity index (χ1v) is 6.90. The van der Waals surface area contributed by atoms with Crippen LogP contribution in [0.15, 0.2) is 30.9 Å². The molecular formula is C16H21NO2. The second kappa shape index (κ2) is 6.41. The summed E-state index contributed by atoms with van der Waals surface area (Å²) in [7, 11) is 0. The summed E-state index contributed by atoms with van der Waals surface area (Å²) in [5.74, 6) is 0.548.